The molecule has 0 N–H and O–H groups in total. The molecule has 0 aliphatic heterocycles. The Morgan fingerprint density at radius 1 is 1.21 bits per heavy atom. The average molecular weight is 295 g/mol. The van der Waals surface area contributed by atoms with Crippen molar-refractivity contribution in [2.45, 2.75) is 45.3 Å². The quantitative estimate of drug-likeness (QED) is 0.390. The van der Waals surface area contributed by atoms with Crippen LogP contribution in [0.4, 0.5) is 0 Å². The number of aryl methyl sites for hydroxylation is 1. The maximum Gasteiger partial charge on any atom is 0.241 e. The predicted octanol–water partition coefficient (Wildman–Crippen LogP) is 5.48. The Kier molecular flexibility index (Phi) is 5.33. The van der Waals surface area contributed by atoms with Gasteiger partial charge in [0.05, 0.1) is 5.76 Å². The van der Waals surface area contributed by atoms with Gasteiger partial charge in [0.25, 0.3) is 0 Å². The molecule has 0 unspecified atom stereocenters. The van der Waals surface area contributed by atoms with E-state index in [0.29, 0.717) is 0 Å². The SMILES string of the molecule is C=C(O[Si](C)(C)C)C(C)(C)CSc1ccc(C)cc1. The average Bonchev–Trinajstić information content (AvgIpc) is 2.26. The van der Waals surface area contributed by atoms with Crippen LogP contribution in [0.1, 0.15) is 19.4 Å². The van der Waals surface area contributed by atoms with E-state index in [1.807, 2.05) is 11.8 Å². The van der Waals surface area contributed by atoms with E-state index < -0.39 is 8.32 Å². The van der Waals surface area contributed by atoms with E-state index in [4.69, 9.17) is 4.43 Å². The van der Waals surface area contributed by atoms with Crippen molar-refractivity contribution >= 4 is 20.1 Å². The van der Waals surface area contributed by atoms with Gasteiger partial charge in [-0.05, 0) is 38.7 Å². The van der Waals surface area contributed by atoms with Crippen molar-refractivity contribution in [2.75, 3.05) is 5.75 Å². The smallest absolute Gasteiger partial charge is 0.241 e. The highest BCUT2D eigenvalue weighted by molar-refractivity contribution is 7.99. The highest BCUT2D eigenvalue weighted by Crippen LogP contribution is 2.34. The summed E-state index contributed by atoms with van der Waals surface area (Å²) < 4.78 is 6.04. The van der Waals surface area contributed by atoms with Crippen molar-refractivity contribution in [2.24, 2.45) is 5.41 Å². The van der Waals surface area contributed by atoms with E-state index in [-0.39, 0.29) is 5.41 Å². The molecule has 1 aromatic carbocycles. The Bertz CT molecular complexity index is 429. The summed E-state index contributed by atoms with van der Waals surface area (Å²) in [6, 6.07) is 8.67. The topological polar surface area (TPSA) is 9.23 Å². The molecule has 0 bridgehead atoms. The summed E-state index contributed by atoms with van der Waals surface area (Å²) in [5.41, 5.74) is 1.30. The largest absolute Gasteiger partial charge is 0.547 e. The third kappa shape index (κ3) is 5.87. The second-order valence-corrected chi connectivity index (χ2v) is 12.1. The molecular formula is C16H26OSSi. The third-order valence-corrected chi connectivity index (χ3v) is 5.14. The molecule has 0 radical (unpaired) electrons. The summed E-state index contributed by atoms with van der Waals surface area (Å²) in [4.78, 5) is 1.31. The Morgan fingerprint density at radius 2 is 1.74 bits per heavy atom. The first-order valence-electron chi connectivity index (χ1n) is 6.68. The summed E-state index contributed by atoms with van der Waals surface area (Å²) in [6.07, 6.45) is 0. The first-order chi connectivity index (χ1) is 8.60. The van der Waals surface area contributed by atoms with Crippen LogP contribution in [0.25, 0.3) is 0 Å². The number of allylic oxidation sites excluding steroid dienone is 1. The van der Waals surface area contributed by atoms with Gasteiger partial charge in [-0.3, -0.25) is 0 Å². The highest BCUT2D eigenvalue weighted by atomic mass is 32.2. The number of hydrogen-bond acceptors (Lipinski definition) is 2. The van der Waals surface area contributed by atoms with Gasteiger partial charge in [0, 0.05) is 16.1 Å². The Balaban J connectivity index is 2.59. The minimum Gasteiger partial charge on any atom is -0.547 e. The van der Waals surface area contributed by atoms with E-state index in [1.165, 1.54) is 10.5 Å². The molecule has 1 aromatic rings. The lowest BCUT2D eigenvalue weighted by molar-refractivity contribution is 0.296. The summed E-state index contributed by atoms with van der Waals surface area (Å²) in [5, 5.41) is 0. The molecule has 0 aliphatic carbocycles. The lowest BCUT2D eigenvalue weighted by atomic mass is 9.95. The number of thioether (sulfide) groups is 1. The summed E-state index contributed by atoms with van der Waals surface area (Å²) >= 11 is 1.86. The monoisotopic (exact) mass is 294 g/mol. The zero-order valence-corrected chi connectivity index (χ0v) is 14.9. The maximum atomic E-state index is 6.04. The molecule has 0 saturated heterocycles. The zero-order chi connectivity index (χ0) is 14.7. The lowest BCUT2D eigenvalue weighted by Gasteiger charge is -2.32. The van der Waals surface area contributed by atoms with E-state index in [2.05, 4.69) is 71.3 Å². The van der Waals surface area contributed by atoms with Crippen LogP contribution >= 0.6 is 11.8 Å². The number of hydrogen-bond donors (Lipinski definition) is 0. The van der Waals surface area contributed by atoms with Crippen molar-refractivity contribution in [1.82, 2.24) is 0 Å². The van der Waals surface area contributed by atoms with Gasteiger partial charge in [0.1, 0.15) is 0 Å². The molecule has 0 atom stereocenters. The van der Waals surface area contributed by atoms with Crippen LogP contribution < -0.4 is 0 Å². The summed E-state index contributed by atoms with van der Waals surface area (Å²) in [7, 11) is -1.55. The fourth-order valence-electron chi connectivity index (χ4n) is 1.49. The van der Waals surface area contributed by atoms with Crippen LogP contribution in [0, 0.1) is 12.3 Å². The van der Waals surface area contributed by atoms with Gasteiger partial charge in [-0.2, -0.15) is 0 Å². The molecule has 19 heavy (non-hydrogen) atoms. The lowest BCUT2D eigenvalue weighted by Crippen LogP contribution is -2.30. The molecule has 0 fully saturated rings. The fourth-order valence-corrected chi connectivity index (χ4v) is 3.52. The molecule has 0 aliphatic rings. The van der Waals surface area contributed by atoms with Crippen molar-refractivity contribution in [1.29, 1.82) is 0 Å². The second-order valence-electron chi connectivity index (χ2n) is 6.62. The minimum absolute atomic E-state index is 0.00413. The summed E-state index contributed by atoms with van der Waals surface area (Å²) in [5.74, 6) is 1.91. The van der Waals surface area contributed by atoms with Crippen LogP contribution in [0.2, 0.25) is 19.6 Å². The normalized spacial score (nSPS) is 12.3. The molecule has 1 nitrogen and oxygen atoms in total. The summed E-state index contributed by atoms with van der Waals surface area (Å²) in [6.45, 7) is 17.2. The molecule has 0 spiro atoms. The van der Waals surface area contributed by atoms with Gasteiger partial charge in [-0.1, -0.05) is 38.1 Å². The molecule has 0 aromatic heterocycles. The van der Waals surface area contributed by atoms with Crippen molar-refractivity contribution < 1.29 is 4.43 Å². The van der Waals surface area contributed by atoms with E-state index >= 15 is 0 Å². The highest BCUT2D eigenvalue weighted by Gasteiger charge is 2.28. The first-order valence-corrected chi connectivity index (χ1v) is 11.1. The third-order valence-electron chi connectivity index (χ3n) is 2.80. The van der Waals surface area contributed by atoms with Crippen LogP contribution in [0.15, 0.2) is 41.5 Å². The van der Waals surface area contributed by atoms with Gasteiger partial charge in [0.2, 0.25) is 8.32 Å². The van der Waals surface area contributed by atoms with Gasteiger partial charge in [-0.15, -0.1) is 11.8 Å². The van der Waals surface area contributed by atoms with E-state index in [1.54, 1.807) is 0 Å². The van der Waals surface area contributed by atoms with E-state index in [9.17, 15) is 0 Å². The molecular weight excluding hydrogens is 268 g/mol. The Labute approximate surface area is 123 Å². The van der Waals surface area contributed by atoms with Crippen LogP contribution in [-0.2, 0) is 4.43 Å². The molecule has 3 heteroatoms. The number of rotatable bonds is 6. The molecule has 106 valence electrons. The van der Waals surface area contributed by atoms with Gasteiger partial charge in [0.15, 0.2) is 0 Å². The molecule has 0 saturated carbocycles. The van der Waals surface area contributed by atoms with Gasteiger partial charge >= 0.3 is 0 Å². The fraction of sp³-hybridized carbons (Fsp3) is 0.500. The number of benzene rings is 1. The molecule has 0 heterocycles. The zero-order valence-electron chi connectivity index (χ0n) is 13.0. The minimum atomic E-state index is -1.55. The van der Waals surface area contributed by atoms with Crippen LogP contribution in [0.5, 0.6) is 0 Å². The van der Waals surface area contributed by atoms with Crippen LogP contribution in [-0.4, -0.2) is 14.1 Å². The predicted molar refractivity (Wildman–Crippen MR) is 89.3 cm³/mol. The molecule has 0 amide bonds. The van der Waals surface area contributed by atoms with Crippen molar-refractivity contribution in [3.63, 3.8) is 0 Å². The van der Waals surface area contributed by atoms with Crippen molar-refractivity contribution in [3.8, 4) is 0 Å². The van der Waals surface area contributed by atoms with Crippen molar-refractivity contribution in [3.05, 3.63) is 42.2 Å². The van der Waals surface area contributed by atoms with Crippen LogP contribution in [0.3, 0.4) is 0 Å². The van der Waals surface area contributed by atoms with Gasteiger partial charge < -0.3 is 4.43 Å². The Hall–Kier alpha value is -0.673. The van der Waals surface area contributed by atoms with Gasteiger partial charge in [-0.25, -0.2) is 0 Å². The standard InChI is InChI=1S/C16H26OSSi/c1-13-8-10-15(11-9-13)18-12-16(3,4)14(2)17-19(5,6)7/h8-11H,2,12H2,1,3-7H3. The Morgan fingerprint density at radius 3 is 2.21 bits per heavy atom. The second kappa shape index (κ2) is 6.19. The molecule has 1 rings (SSSR count). The first kappa shape index (κ1) is 16.4. The maximum absolute atomic E-state index is 6.04. The van der Waals surface area contributed by atoms with E-state index in [0.717, 1.165) is 11.5 Å².